The van der Waals surface area contributed by atoms with E-state index >= 15 is 0 Å². The number of halogens is 5. The molecule has 0 saturated heterocycles. The number of nitrogens with zero attached hydrogens (tertiary/aromatic N) is 5. The molecule has 2 amide bonds. The first-order valence-electron chi connectivity index (χ1n) is 12.2. The van der Waals surface area contributed by atoms with Gasteiger partial charge in [0.2, 0.25) is 11.8 Å². The van der Waals surface area contributed by atoms with Gasteiger partial charge in [0, 0.05) is 37.3 Å². The van der Waals surface area contributed by atoms with Gasteiger partial charge in [-0.15, -0.1) is 0 Å². The lowest BCUT2D eigenvalue weighted by atomic mass is 9.98. The molecule has 1 atom stereocenters. The fourth-order valence-corrected chi connectivity index (χ4v) is 5.05. The Labute approximate surface area is 237 Å². The lowest BCUT2D eigenvalue weighted by Crippen LogP contribution is -2.46. The molecule has 2 N–H and O–H groups in total. The molecule has 214 valence electrons. The van der Waals surface area contributed by atoms with Crippen LogP contribution < -0.4 is 16.2 Å². The summed E-state index contributed by atoms with van der Waals surface area (Å²) in [4.78, 5) is 49.6. The Kier molecular flexibility index (Phi) is 7.92. The van der Waals surface area contributed by atoms with Crippen molar-refractivity contribution in [1.82, 2.24) is 29.3 Å². The van der Waals surface area contributed by atoms with Crippen LogP contribution in [0.5, 0.6) is 0 Å². The summed E-state index contributed by atoms with van der Waals surface area (Å²) >= 11 is 12.1. The minimum atomic E-state index is -4.73. The van der Waals surface area contributed by atoms with E-state index in [0.29, 0.717) is 5.56 Å². The van der Waals surface area contributed by atoms with Crippen LogP contribution in [-0.2, 0) is 26.2 Å². The number of carbonyl (C=O) groups is 2. The maximum Gasteiger partial charge on any atom is 0.417 e. The fourth-order valence-electron chi connectivity index (χ4n) is 4.54. The van der Waals surface area contributed by atoms with Crippen molar-refractivity contribution in [1.29, 1.82) is 0 Å². The monoisotopic (exact) mass is 599 g/mol. The summed E-state index contributed by atoms with van der Waals surface area (Å²) in [6.07, 6.45) is -4.66. The molecule has 10 nitrogen and oxygen atoms in total. The van der Waals surface area contributed by atoms with Gasteiger partial charge in [-0.05, 0) is 45.4 Å². The largest absolute Gasteiger partial charge is 0.417 e. The van der Waals surface area contributed by atoms with E-state index in [2.05, 4.69) is 20.6 Å². The quantitative estimate of drug-likeness (QED) is 0.457. The van der Waals surface area contributed by atoms with Gasteiger partial charge in [-0.3, -0.25) is 14.4 Å². The molecule has 2 aromatic heterocycles. The maximum atomic E-state index is 13.9. The van der Waals surface area contributed by atoms with Gasteiger partial charge >= 0.3 is 6.18 Å². The highest BCUT2D eigenvalue weighted by molar-refractivity contribution is 6.31. The maximum absolute atomic E-state index is 13.9. The Hall–Kier alpha value is -3.58. The molecular formula is C25H26Cl2F3N7O3. The third kappa shape index (κ3) is 5.27. The number of rotatable bonds is 5. The highest BCUT2D eigenvalue weighted by Crippen LogP contribution is 2.36. The fraction of sp³-hybridized carbons (Fsp3) is 0.400. The van der Waals surface area contributed by atoms with Crippen molar-refractivity contribution in [2.75, 3.05) is 12.4 Å². The van der Waals surface area contributed by atoms with Crippen molar-refractivity contribution in [3.8, 4) is 5.82 Å². The Balaban J connectivity index is 1.82. The first-order valence-corrected chi connectivity index (χ1v) is 12.9. The SMILES string of the molecule is CNC(=O)c1nc(Cl)c(-n2c(NC(C)C)nc3c(c2=O)C[C@@H](C)N(C(=O)c2ccc(Cl)c(C(F)(F)F)c2)C3)n1C. The van der Waals surface area contributed by atoms with Gasteiger partial charge in [-0.25, -0.2) is 14.5 Å². The van der Waals surface area contributed by atoms with Crippen LogP contribution >= 0.6 is 23.2 Å². The lowest BCUT2D eigenvalue weighted by Gasteiger charge is -2.35. The van der Waals surface area contributed by atoms with Crippen LogP contribution in [0.25, 0.3) is 5.82 Å². The van der Waals surface area contributed by atoms with Crippen LogP contribution in [0.1, 0.15) is 58.6 Å². The number of amides is 2. The highest BCUT2D eigenvalue weighted by atomic mass is 35.5. The van der Waals surface area contributed by atoms with Gasteiger partial charge in [0.1, 0.15) is 0 Å². The minimum absolute atomic E-state index is 0.0195. The molecule has 0 fully saturated rings. The van der Waals surface area contributed by atoms with Gasteiger partial charge in [-0.1, -0.05) is 23.2 Å². The second-order valence-electron chi connectivity index (χ2n) is 9.67. The van der Waals surface area contributed by atoms with E-state index in [1.807, 2.05) is 13.8 Å². The summed E-state index contributed by atoms with van der Waals surface area (Å²) < 4.78 is 42.8. The molecule has 3 heterocycles. The van der Waals surface area contributed by atoms with Crippen LogP contribution in [0, 0.1) is 0 Å². The summed E-state index contributed by atoms with van der Waals surface area (Å²) in [5.41, 5.74) is -1.20. The lowest BCUT2D eigenvalue weighted by molar-refractivity contribution is -0.137. The summed E-state index contributed by atoms with van der Waals surface area (Å²) in [5, 5.41) is 4.95. The number of alkyl halides is 3. The molecule has 15 heteroatoms. The summed E-state index contributed by atoms with van der Waals surface area (Å²) in [6.45, 7) is 5.22. The van der Waals surface area contributed by atoms with Crippen LogP contribution in [0.4, 0.5) is 19.1 Å². The number of carbonyl (C=O) groups excluding carboxylic acids is 2. The van der Waals surface area contributed by atoms with E-state index < -0.39 is 40.2 Å². The molecule has 3 aromatic rings. The van der Waals surface area contributed by atoms with E-state index in [1.54, 1.807) is 6.92 Å². The summed E-state index contributed by atoms with van der Waals surface area (Å²) in [5.74, 6) is -0.967. The first kappa shape index (κ1) is 29.4. The number of imidazole rings is 1. The molecule has 40 heavy (non-hydrogen) atoms. The zero-order valence-corrected chi connectivity index (χ0v) is 23.7. The smallest absolute Gasteiger partial charge is 0.353 e. The topological polar surface area (TPSA) is 114 Å². The standard InChI is InChI=1S/C25H26Cl2F3N7O3/c1-11(2)32-24-33-17-10-36(22(39)13-6-7-16(26)15(9-13)25(28,29)30)12(3)8-14(17)23(40)37(24)21-18(27)34-19(35(21)5)20(38)31-4/h6-7,9,11-12H,8,10H2,1-5H3,(H,31,38)(H,32,33)/t12-/m1/s1. The molecule has 1 aliphatic heterocycles. The van der Waals surface area contributed by atoms with Crippen LogP contribution in [0.3, 0.4) is 0 Å². The molecule has 4 rings (SSSR count). The average Bonchev–Trinajstić information content (AvgIpc) is 3.16. The van der Waals surface area contributed by atoms with Crippen LogP contribution in [-0.4, -0.2) is 54.9 Å². The third-order valence-electron chi connectivity index (χ3n) is 6.48. The Bertz CT molecular complexity index is 1570. The molecular weight excluding hydrogens is 574 g/mol. The number of hydrogen-bond acceptors (Lipinski definition) is 6. The van der Waals surface area contributed by atoms with Crippen molar-refractivity contribution in [3.63, 3.8) is 0 Å². The molecule has 1 aromatic carbocycles. The second-order valence-corrected chi connectivity index (χ2v) is 10.4. The molecule has 0 spiro atoms. The van der Waals surface area contributed by atoms with Crippen molar-refractivity contribution in [2.24, 2.45) is 7.05 Å². The zero-order valence-electron chi connectivity index (χ0n) is 22.2. The molecule has 1 aliphatic rings. The second kappa shape index (κ2) is 10.8. The number of benzene rings is 1. The summed E-state index contributed by atoms with van der Waals surface area (Å²) in [7, 11) is 2.97. The van der Waals surface area contributed by atoms with Crippen molar-refractivity contribution in [3.05, 3.63) is 66.9 Å². The van der Waals surface area contributed by atoms with Crippen molar-refractivity contribution in [2.45, 2.75) is 52.0 Å². The Morgan fingerprint density at radius 3 is 2.45 bits per heavy atom. The third-order valence-corrected chi connectivity index (χ3v) is 7.06. The van der Waals surface area contributed by atoms with E-state index in [9.17, 15) is 27.6 Å². The zero-order chi connectivity index (χ0) is 29.7. The van der Waals surface area contributed by atoms with Gasteiger partial charge in [-0.2, -0.15) is 13.2 Å². The number of nitrogens with one attached hydrogen (secondary N) is 2. The Morgan fingerprint density at radius 2 is 1.85 bits per heavy atom. The van der Waals surface area contributed by atoms with Gasteiger partial charge in [0.15, 0.2) is 11.0 Å². The predicted molar refractivity (Wildman–Crippen MR) is 143 cm³/mol. The molecule has 0 aliphatic carbocycles. The molecule has 0 unspecified atom stereocenters. The van der Waals surface area contributed by atoms with Crippen molar-refractivity contribution < 1.29 is 22.8 Å². The van der Waals surface area contributed by atoms with Crippen LogP contribution in [0.2, 0.25) is 10.2 Å². The van der Waals surface area contributed by atoms with Gasteiger partial charge in [0.05, 0.1) is 22.8 Å². The molecule has 0 bridgehead atoms. The highest BCUT2D eigenvalue weighted by Gasteiger charge is 2.36. The summed E-state index contributed by atoms with van der Waals surface area (Å²) in [6, 6.07) is 2.25. The van der Waals surface area contributed by atoms with Gasteiger partial charge < -0.3 is 20.1 Å². The normalized spacial score (nSPS) is 15.3. The predicted octanol–water partition coefficient (Wildman–Crippen LogP) is 4.06. The number of fused-ring (bicyclic) bond motifs is 1. The van der Waals surface area contributed by atoms with E-state index in [1.165, 1.54) is 34.2 Å². The Morgan fingerprint density at radius 1 is 1.18 bits per heavy atom. The van der Waals surface area contributed by atoms with Crippen LogP contribution in [0.15, 0.2) is 23.0 Å². The average molecular weight is 600 g/mol. The van der Waals surface area contributed by atoms with Gasteiger partial charge in [0.25, 0.3) is 17.4 Å². The van der Waals surface area contributed by atoms with Crippen molar-refractivity contribution >= 4 is 41.0 Å². The van der Waals surface area contributed by atoms with E-state index in [4.69, 9.17) is 23.2 Å². The van der Waals surface area contributed by atoms with E-state index in [-0.39, 0.29) is 53.0 Å². The number of anilines is 1. The molecule has 0 saturated carbocycles. The molecule has 0 radical (unpaired) electrons. The number of aromatic nitrogens is 4. The minimum Gasteiger partial charge on any atom is -0.353 e. The number of hydrogen-bond donors (Lipinski definition) is 2. The van der Waals surface area contributed by atoms with E-state index in [0.717, 1.165) is 12.1 Å². The first-order chi connectivity index (χ1) is 18.6.